The largest absolute Gasteiger partial charge is 0.372 e. The van der Waals surface area contributed by atoms with Crippen molar-refractivity contribution in [3.63, 3.8) is 0 Å². The van der Waals surface area contributed by atoms with Crippen molar-refractivity contribution in [1.82, 2.24) is 4.98 Å². The molecule has 7 heteroatoms. The van der Waals surface area contributed by atoms with Crippen LogP contribution in [0.3, 0.4) is 0 Å². The van der Waals surface area contributed by atoms with E-state index < -0.39 is 17.5 Å². The number of rotatable bonds is 3. The van der Waals surface area contributed by atoms with E-state index in [1.165, 1.54) is 6.20 Å². The van der Waals surface area contributed by atoms with Crippen LogP contribution in [0.4, 0.5) is 20.3 Å². The van der Waals surface area contributed by atoms with E-state index in [2.05, 4.69) is 31.5 Å². The number of benzene rings is 1. The van der Waals surface area contributed by atoms with Gasteiger partial charge in [-0.25, -0.2) is 13.8 Å². The number of nitrogens with zero attached hydrogens (tertiary/aromatic N) is 1. The lowest BCUT2D eigenvalue weighted by Gasteiger charge is -2.10. The number of hydrogen-bond donors (Lipinski definition) is 2. The molecule has 0 spiro atoms. The Morgan fingerprint density at radius 1 is 1.30 bits per heavy atom. The van der Waals surface area contributed by atoms with Crippen LogP contribution in [-0.4, -0.2) is 17.9 Å². The molecule has 4 nitrogen and oxygen atoms in total. The van der Waals surface area contributed by atoms with E-state index in [4.69, 9.17) is 0 Å². The molecular weight excluding hydrogens is 332 g/mol. The zero-order valence-corrected chi connectivity index (χ0v) is 12.0. The van der Waals surface area contributed by atoms with Crippen LogP contribution in [0.15, 0.2) is 34.9 Å². The van der Waals surface area contributed by atoms with Gasteiger partial charge in [-0.15, -0.1) is 0 Å². The van der Waals surface area contributed by atoms with E-state index in [1.807, 2.05) is 0 Å². The van der Waals surface area contributed by atoms with Crippen LogP contribution in [0.5, 0.6) is 0 Å². The maximum Gasteiger partial charge on any atom is 0.259 e. The number of nitrogens with one attached hydrogen (secondary N) is 2. The van der Waals surface area contributed by atoms with Crippen molar-refractivity contribution in [2.45, 2.75) is 0 Å². The first kappa shape index (κ1) is 14.4. The first-order valence-corrected chi connectivity index (χ1v) is 6.40. The summed E-state index contributed by atoms with van der Waals surface area (Å²) in [6.07, 6.45) is 1.53. The molecule has 20 heavy (non-hydrogen) atoms. The first-order valence-electron chi connectivity index (χ1n) is 5.61. The summed E-state index contributed by atoms with van der Waals surface area (Å²) in [5.41, 5.74) is 0.143. The number of pyridine rings is 1. The Hall–Kier alpha value is -2.02. The molecule has 1 amide bonds. The summed E-state index contributed by atoms with van der Waals surface area (Å²) in [4.78, 5) is 16.1. The highest BCUT2D eigenvalue weighted by Gasteiger charge is 2.15. The topological polar surface area (TPSA) is 54.0 Å². The fraction of sp³-hybridized carbons (Fsp3) is 0.0769. The van der Waals surface area contributed by atoms with Crippen LogP contribution in [0.1, 0.15) is 10.4 Å². The van der Waals surface area contributed by atoms with Gasteiger partial charge in [0, 0.05) is 23.8 Å². The summed E-state index contributed by atoms with van der Waals surface area (Å²) in [6, 6.07) is 4.48. The molecule has 2 rings (SSSR count). The van der Waals surface area contributed by atoms with Gasteiger partial charge in [0.1, 0.15) is 17.5 Å². The highest BCUT2D eigenvalue weighted by molar-refractivity contribution is 9.10. The second kappa shape index (κ2) is 5.96. The molecule has 0 radical (unpaired) electrons. The molecule has 0 unspecified atom stereocenters. The summed E-state index contributed by atoms with van der Waals surface area (Å²) >= 11 is 3.21. The van der Waals surface area contributed by atoms with E-state index in [-0.39, 0.29) is 11.3 Å². The van der Waals surface area contributed by atoms with E-state index in [9.17, 15) is 13.6 Å². The zero-order chi connectivity index (χ0) is 14.7. The number of aromatic nitrogens is 1. The number of amides is 1. The minimum atomic E-state index is -0.840. The van der Waals surface area contributed by atoms with Crippen LogP contribution in [0.25, 0.3) is 0 Å². The minimum Gasteiger partial charge on any atom is -0.372 e. The lowest BCUT2D eigenvalue weighted by atomic mass is 10.2. The van der Waals surface area contributed by atoms with E-state index in [1.54, 1.807) is 13.1 Å². The van der Waals surface area contributed by atoms with Gasteiger partial charge in [-0.05, 0) is 34.1 Å². The molecule has 1 heterocycles. The molecule has 104 valence electrons. The molecule has 0 aliphatic heterocycles. The molecule has 2 N–H and O–H groups in total. The SMILES string of the molecule is CNc1ncc(Br)cc1C(=O)Nc1ccc(F)cc1F. The van der Waals surface area contributed by atoms with Crippen molar-refractivity contribution in [2.24, 2.45) is 0 Å². The van der Waals surface area contributed by atoms with Gasteiger partial charge < -0.3 is 10.6 Å². The van der Waals surface area contributed by atoms with Gasteiger partial charge in [0.25, 0.3) is 5.91 Å². The average molecular weight is 342 g/mol. The fourth-order valence-electron chi connectivity index (χ4n) is 1.59. The Morgan fingerprint density at radius 3 is 2.70 bits per heavy atom. The second-order valence-electron chi connectivity index (χ2n) is 3.88. The minimum absolute atomic E-state index is 0.0987. The van der Waals surface area contributed by atoms with Crippen molar-refractivity contribution in [3.05, 3.63) is 52.1 Å². The lowest BCUT2D eigenvalue weighted by Crippen LogP contribution is -2.15. The summed E-state index contributed by atoms with van der Waals surface area (Å²) in [7, 11) is 1.62. The molecule has 2 aromatic rings. The lowest BCUT2D eigenvalue weighted by molar-refractivity contribution is 0.102. The van der Waals surface area contributed by atoms with E-state index in [0.717, 1.165) is 12.1 Å². The quantitative estimate of drug-likeness (QED) is 0.899. The van der Waals surface area contributed by atoms with Gasteiger partial charge in [-0.3, -0.25) is 4.79 Å². The number of anilines is 2. The molecule has 0 saturated carbocycles. The zero-order valence-electron chi connectivity index (χ0n) is 10.4. The van der Waals surface area contributed by atoms with Crippen LogP contribution in [0, 0.1) is 11.6 Å². The van der Waals surface area contributed by atoms with Gasteiger partial charge in [0.15, 0.2) is 0 Å². The highest BCUT2D eigenvalue weighted by Crippen LogP contribution is 2.21. The van der Waals surface area contributed by atoms with Crippen molar-refractivity contribution < 1.29 is 13.6 Å². The van der Waals surface area contributed by atoms with Crippen molar-refractivity contribution >= 4 is 33.3 Å². The summed E-state index contributed by atoms with van der Waals surface area (Å²) in [6.45, 7) is 0. The van der Waals surface area contributed by atoms with Gasteiger partial charge in [-0.2, -0.15) is 0 Å². The third-order valence-corrected chi connectivity index (χ3v) is 2.95. The maximum atomic E-state index is 13.5. The van der Waals surface area contributed by atoms with E-state index in [0.29, 0.717) is 16.4 Å². The fourth-order valence-corrected chi connectivity index (χ4v) is 1.92. The molecule has 0 atom stereocenters. The summed E-state index contributed by atoms with van der Waals surface area (Å²) in [5.74, 6) is -1.74. The van der Waals surface area contributed by atoms with Gasteiger partial charge in [-0.1, -0.05) is 0 Å². The Kier molecular flexibility index (Phi) is 4.29. The normalized spacial score (nSPS) is 10.2. The molecule has 0 aliphatic rings. The first-order chi connectivity index (χ1) is 9.51. The molecule has 0 saturated heterocycles. The highest BCUT2D eigenvalue weighted by atomic mass is 79.9. The second-order valence-corrected chi connectivity index (χ2v) is 4.79. The average Bonchev–Trinajstić information content (AvgIpc) is 2.41. The predicted molar refractivity (Wildman–Crippen MR) is 75.8 cm³/mol. The van der Waals surface area contributed by atoms with Gasteiger partial charge in [0.05, 0.1) is 11.3 Å². The van der Waals surface area contributed by atoms with Crippen molar-refractivity contribution in [2.75, 3.05) is 17.7 Å². The van der Waals surface area contributed by atoms with Crippen molar-refractivity contribution in [1.29, 1.82) is 0 Å². The van der Waals surface area contributed by atoms with Crippen molar-refractivity contribution in [3.8, 4) is 0 Å². The maximum absolute atomic E-state index is 13.5. The number of halogens is 3. The molecule has 0 aliphatic carbocycles. The van der Waals surface area contributed by atoms with Crippen LogP contribution < -0.4 is 10.6 Å². The number of carbonyl (C=O) groups is 1. The van der Waals surface area contributed by atoms with Gasteiger partial charge in [0.2, 0.25) is 0 Å². The van der Waals surface area contributed by atoms with E-state index >= 15 is 0 Å². The third-order valence-electron chi connectivity index (χ3n) is 2.52. The Balaban J connectivity index is 2.30. The molecule has 1 aromatic heterocycles. The van der Waals surface area contributed by atoms with Crippen LogP contribution in [-0.2, 0) is 0 Å². The molecule has 0 fully saturated rings. The summed E-state index contributed by atoms with van der Waals surface area (Å²) < 4.78 is 26.9. The predicted octanol–water partition coefficient (Wildman–Crippen LogP) is 3.42. The Morgan fingerprint density at radius 2 is 2.05 bits per heavy atom. The van der Waals surface area contributed by atoms with Crippen LogP contribution in [0.2, 0.25) is 0 Å². The van der Waals surface area contributed by atoms with Crippen LogP contribution >= 0.6 is 15.9 Å². The monoisotopic (exact) mass is 341 g/mol. The Labute approximate surface area is 122 Å². The third kappa shape index (κ3) is 3.11. The summed E-state index contributed by atoms with van der Waals surface area (Å²) in [5, 5.41) is 5.14. The molecule has 0 bridgehead atoms. The molecular formula is C13H10BrF2N3O. The standard InChI is InChI=1S/C13H10BrF2N3O/c1-17-12-9(4-7(14)6-18-12)13(20)19-11-3-2-8(15)5-10(11)16/h2-6H,1H3,(H,17,18)(H,19,20). The Bertz CT molecular complexity index is 664. The number of carbonyl (C=O) groups excluding carboxylic acids is 1. The van der Waals surface area contributed by atoms with Gasteiger partial charge >= 0.3 is 0 Å². The smallest absolute Gasteiger partial charge is 0.259 e. The number of hydrogen-bond acceptors (Lipinski definition) is 3. The molecule has 1 aromatic carbocycles.